The molecule has 7 nitrogen and oxygen atoms in total. The molecular weight excluding hydrogens is 437 g/mol. The van der Waals surface area contributed by atoms with Crippen LogP contribution in [0.1, 0.15) is 24.0 Å². The van der Waals surface area contributed by atoms with E-state index in [4.69, 9.17) is 22.4 Å². The summed E-state index contributed by atoms with van der Waals surface area (Å²) in [5.74, 6) is 0.980. The van der Waals surface area contributed by atoms with E-state index in [1.807, 2.05) is 6.92 Å². The minimum atomic E-state index is -6.09. The van der Waals surface area contributed by atoms with Gasteiger partial charge in [0.15, 0.2) is 15.0 Å². The van der Waals surface area contributed by atoms with Crippen molar-refractivity contribution >= 4 is 33.0 Å². The summed E-state index contributed by atoms with van der Waals surface area (Å²) in [6.45, 7) is 4.11. The zero-order chi connectivity index (χ0) is 22.8. The predicted molar refractivity (Wildman–Crippen MR) is 100 cm³/mol. The molecular formula is C17H23F3O7S2. The molecule has 166 valence electrons. The average Bonchev–Trinajstić information content (AvgIpc) is 2.62. The lowest BCUT2D eigenvalue weighted by atomic mass is 10.2. The van der Waals surface area contributed by atoms with Gasteiger partial charge in [0.05, 0.1) is 27.1 Å². The zero-order valence-corrected chi connectivity index (χ0v) is 18.0. The number of rotatable bonds is 7. The maximum atomic E-state index is 11.4. The van der Waals surface area contributed by atoms with E-state index >= 15 is 0 Å². The third-order valence-corrected chi connectivity index (χ3v) is 6.52. The molecule has 1 aromatic carbocycles. The molecule has 0 N–H and O–H groups in total. The second kappa shape index (κ2) is 12.0. The molecule has 12 heteroatoms. The molecule has 0 aromatic heterocycles. The number of alkyl halides is 3. The Balaban J connectivity index is 0.000000828. The van der Waals surface area contributed by atoms with E-state index in [-0.39, 0.29) is 22.8 Å². The molecule has 1 aromatic rings. The largest absolute Gasteiger partial charge is 0.741 e. The second-order valence-electron chi connectivity index (χ2n) is 5.72. The van der Waals surface area contributed by atoms with Crippen molar-refractivity contribution in [3.63, 3.8) is 0 Å². The van der Waals surface area contributed by atoms with E-state index in [1.165, 1.54) is 30.2 Å². The third kappa shape index (κ3) is 10.5. The van der Waals surface area contributed by atoms with Crippen LogP contribution >= 0.6 is 0 Å². The van der Waals surface area contributed by atoms with Crippen molar-refractivity contribution in [2.45, 2.75) is 37.1 Å². The molecule has 0 atom stereocenters. The van der Waals surface area contributed by atoms with Crippen LogP contribution in [-0.2, 0) is 40.1 Å². The zero-order valence-electron chi connectivity index (χ0n) is 16.4. The lowest BCUT2D eigenvalue weighted by molar-refractivity contribution is -0.140. The number of halogens is 3. The predicted octanol–water partition coefficient (Wildman–Crippen LogP) is 2.46. The highest BCUT2D eigenvalue weighted by Gasteiger charge is 2.36. The summed E-state index contributed by atoms with van der Waals surface area (Å²) in [4.78, 5) is 24.0. The Morgan fingerprint density at radius 1 is 1.03 bits per heavy atom. The van der Waals surface area contributed by atoms with Crippen LogP contribution in [0.25, 0.3) is 0 Å². The molecule has 0 saturated heterocycles. The number of carbonyl (C=O) groups is 2. The van der Waals surface area contributed by atoms with Crippen LogP contribution in [0.2, 0.25) is 0 Å². The van der Waals surface area contributed by atoms with Gasteiger partial charge in [-0.05, 0) is 25.5 Å². The third-order valence-electron chi connectivity index (χ3n) is 3.50. The molecule has 0 aliphatic carbocycles. The second-order valence-corrected chi connectivity index (χ2v) is 9.34. The van der Waals surface area contributed by atoms with Crippen LogP contribution in [0.3, 0.4) is 0 Å². The molecule has 0 aliphatic rings. The fourth-order valence-corrected chi connectivity index (χ4v) is 4.30. The Kier molecular flexibility index (Phi) is 11.3. The van der Waals surface area contributed by atoms with Gasteiger partial charge in [0.2, 0.25) is 0 Å². The van der Waals surface area contributed by atoms with Crippen LogP contribution in [0.4, 0.5) is 13.2 Å². The van der Waals surface area contributed by atoms with Crippen LogP contribution in [0, 0.1) is 13.8 Å². The monoisotopic (exact) mass is 460 g/mol. The van der Waals surface area contributed by atoms with Crippen LogP contribution in [-0.4, -0.2) is 56.1 Å². The van der Waals surface area contributed by atoms with Gasteiger partial charge < -0.3 is 14.0 Å². The molecule has 0 fully saturated rings. The van der Waals surface area contributed by atoms with Gasteiger partial charge in [-0.15, -0.1) is 0 Å². The van der Waals surface area contributed by atoms with Gasteiger partial charge in [0.1, 0.15) is 11.5 Å². The first-order valence-electron chi connectivity index (χ1n) is 8.13. The van der Waals surface area contributed by atoms with Gasteiger partial charge in [0.25, 0.3) is 0 Å². The van der Waals surface area contributed by atoms with Crippen molar-refractivity contribution in [1.29, 1.82) is 0 Å². The highest BCUT2D eigenvalue weighted by molar-refractivity contribution is 7.97. The fraction of sp³-hybridized carbons (Fsp3) is 0.529. The summed E-state index contributed by atoms with van der Waals surface area (Å²) in [5, 5.41) is 0. The van der Waals surface area contributed by atoms with E-state index in [9.17, 15) is 22.8 Å². The van der Waals surface area contributed by atoms with Crippen LogP contribution < -0.4 is 0 Å². The minimum Gasteiger partial charge on any atom is -0.741 e. The SMILES string of the molecule is COC(=O)CC[S+](CCC(=O)OC)c1cc(C)ccc1C.O=S(=O)([O-])C(F)(F)F. The summed E-state index contributed by atoms with van der Waals surface area (Å²) in [6, 6.07) is 6.30. The Morgan fingerprint density at radius 2 is 1.45 bits per heavy atom. The van der Waals surface area contributed by atoms with Gasteiger partial charge in [-0.2, -0.15) is 13.2 Å². The average molecular weight is 460 g/mol. The minimum absolute atomic E-state index is 0.156. The van der Waals surface area contributed by atoms with Crippen molar-refractivity contribution in [2.24, 2.45) is 0 Å². The van der Waals surface area contributed by atoms with Crippen molar-refractivity contribution in [3.8, 4) is 0 Å². The Hall–Kier alpha value is -1.79. The highest BCUT2D eigenvalue weighted by atomic mass is 32.2. The first kappa shape index (κ1) is 27.2. The number of hydrogen-bond acceptors (Lipinski definition) is 7. The molecule has 0 aliphatic heterocycles. The van der Waals surface area contributed by atoms with E-state index < -0.39 is 15.6 Å². The van der Waals surface area contributed by atoms with Crippen molar-refractivity contribution in [1.82, 2.24) is 0 Å². The lowest BCUT2D eigenvalue weighted by Gasteiger charge is -2.11. The Labute approximate surface area is 170 Å². The lowest BCUT2D eigenvalue weighted by Crippen LogP contribution is -2.21. The summed E-state index contributed by atoms with van der Waals surface area (Å²) < 4.78 is 68.3. The quantitative estimate of drug-likeness (QED) is 0.266. The summed E-state index contributed by atoms with van der Waals surface area (Å²) >= 11 is 0. The number of hydrogen-bond donors (Lipinski definition) is 0. The van der Waals surface area contributed by atoms with E-state index in [2.05, 4.69) is 25.1 Å². The molecule has 0 bridgehead atoms. The van der Waals surface area contributed by atoms with Gasteiger partial charge in [-0.3, -0.25) is 9.59 Å². The first-order chi connectivity index (χ1) is 13.2. The molecule has 29 heavy (non-hydrogen) atoms. The summed E-state index contributed by atoms with van der Waals surface area (Å²) in [7, 11) is -3.45. The molecule has 0 unspecified atom stereocenters. The number of aryl methyl sites for hydroxylation is 2. The van der Waals surface area contributed by atoms with Crippen molar-refractivity contribution in [2.75, 3.05) is 25.7 Å². The van der Waals surface area contributed by atoms with Gasteiger partial charge in [-0.25, -0.2) is 8.42 Å². The summed E-state index contributed by atoms with van der Waals surface area (Å²) in [6.07, 6.45) is 0.738. The van der Waals surface area contributed by atoms with Crippen molar-refractivity contribution in [3.05, 3.63) is 29.3 Å². The maximum Gasteiger partial charge on any atom is 0.485 e. The highest BCUT2D eigenvalue weighted by Crippen LogP contribution is 2.22. The van der Waals surface area contributed by atoms with Crippen molar-refractivity contribution < 1.29 is 45.2 Å². The van der Waals surface area contributed by atoms with Gasteiger partial charge >= 0.3 is 17.4 Å². The number of methoxy groups -OCH3 is 2. The standard InChI is InChI=1S/C16H23O4S.CHF3O3S/c1-12-5-6-13(2)14(11-12)21(9-7-15(17)19-3)10-8-16(18)20-4;2-1(3,4)8(5,6)7/h5-6,11H,7-10H2,1-4H3;(H,5,6,7)/q+1;/p-1. The molecule has 0 heterocycles. The van der Waals surface area contributed by atoms with Gasteiger partial charge in [-0.1, -0.05) is 12.1 Å². The maximum absolute atomic E-state index is 11.4. The van der Waals surface area contributed by atoms with E-state index in [1.54, 1.807) is 0 Å². The van der Waals surface area contributed by atoms with Crippen LogP contribution in [0.5, 0.6) is 0 Å². The molecule has 0 saturated carbocycles. The Bertz CT molecular complexity index is 773. The van der Waals surface area contributed by atoms with E-state index in [0.717, 1.165) is 0 Å². The number of benzene rings is 1. The normalized spacial score (nSPS) is 11.5. The topological polar surface area (TPSA) is 110 Å². The molecule has 0 amide bonds. The number of carbonyl (C=O) groups excluding carboxylic acids is 2. The van der Waals surface area contributed by atoms with Crippen LogP contribution in [0.15, 0.2) is 23.1 Å². The number of esters is 2. The fourth-order valence-electron chi connectivity index (χ4n) is 1.96. The molecule has 0 spiro atoms. The van der Waals surface area contributed by atoms with E-state index in [0.29, 0.717) is 24.3 Å². The smallest absolute Gasteiger partial charge is 0.485 e. The molecule has 0 radical (unpaired) electrons. The first-order valence-corrected chi connectivity index (χ1v) is 11.1. The summed E-state index contributed by atoms with van der Waals surface area (Å²) in [5.41, 5.74) is -3.27. The van der Waals surface area contributed by atoms with Gasteiger partial charge in [0, 0.05) is 16.5 Å². The number of ether oxygens (including phenoxy) is 2. The molecule has 1 rings (SSSR count). The Morgan fingerprint density at radius 3 is 1.79 bits per heavy atom.